The second kappa shape index (κ2) is 9.16. The topological polar surface area (TPSA) is 80.3 Å². The number of rotatable bonds is 5. The summed E-state index contributed by atoms with van der Waals surface area (Å²) in [6.07, 6.45) is 3.19. The van der Waals surface area contributed by atoms with Crippen LogP contribution in [0.3, 0.4) is 0 Å². The Labute approximate surface area is 206 Å². The minimum Gasteiger partial charge on any atom is -0.438 e. The van der Waals surface area contributed by atoms with Crippen molar-refractivity contribution in [2.45, 2.75) is 26.7 Å². The molecule has 0 unspecified atom stereocenters. The van der Waals surface area contributed by atoms with Gasteiger partial charge in [-0.05, 0) is 60.4 Å². The molecule has 0 aliphatic carbocycles. The van der Waals surface area contributed by atoms with Gasteiger partial charge in [0.15, 0.2) is 0 Å². The first kappa shape index (κ1) is 22.5. The van der Waals surface area contributed by atoms with Crippen molar-refractivity contribution in [3.05, 3.63) is 98.9 Å². The van der Waals surface area contributed by atoms with Crippen LogP contribution < -0.4 is 10.3 Å². The summed E-state index contributed by atoms with van der Waals surface area (Å²) in [5.74, 6) is 1.01. The van der Waals surface area contributed by atoms with Crippen molar-refractivity contribution in [3.8, 4) is 17.7 Å². The van der Waals surface area contributed by atoms with Gasteiger partial charge >= 0.3 is 0 Å². The van der Waals surface area contributed by atoms with Crippen LogP contribution in [0.5, 0.6) is 11.6 Å². The number of nitriles is 1. The molecule has 0 radical (unpaired) electrons. The zero-order chi connectivity index (χ0) is 24.5. The number of pyridine rings is 1. The first-order valence-corrected chi connectivity index (χ1v) is 12.0. The molecular formula is C28H22N4O2S. The largest absolute Gasteiger partial charge is 0.438 e. The molecule has 0 aliphatic heterocycles. The highest BCUT2D eigenvalue weighted by molar-refractivity contribution is 7.19. The monoisotopic (exact) mass is 478 g/mol. The van der Waals surface area contributed by atoms with E-state index in [2.05, 4.69) is 29.9 Å². The lowest BCUT2D eigenvalue weighted by atomic mass is 10.0. The third-order valence-electron chi connectivity index (χ3n) is 5.67. The lowest BCUT2D eigenvalue weighted by Gasteiger charge is -2.16. The van der Waals surface area contributed by atoms with Gasteiger partial charge in [-0.3, -0.25) is 9.20 Å². The van der Waals surface area contributed by atoms with Crippen LogP contribution in [0.4, 0.5) is 0 Å². The number of aryl methyl sites for hydroxylation is 1. The summed E-state index contributed by atoms with van der Waals surface area (Å²) in [5.41, 5.74) is 3.46. The van der Waals surface area contributed by atoms with Crippen molar-refractivity contribution < 1.29 is 4.74 Å². The molecule has 5 aromatic rings. The molecule has 0 saturated heterocycles. The van der Waals surface area contributed by atoms with Crippen molar-refractivity contribution in [3.63, 3.8) is 0 Å². The predicted octanol–water partition coefficient (Wildman–Crippen LogP) is 6.59. The Kier molecular flexibility index (Phi) is 5.89. The Bertz CT molecular complexity index is 1670. The first-order chi connectivity index (χ1) is 16.9. The number of hydrogen-bond acceptors (Lipinski definition) is 6. The molecule has 7 heteroatoms. The molecule has 5 rings (SSSR count). The zero-order valence-electron chi connectivity index (χ0n) is 19.5. The van der Waals surface area contributed by atoms with Crippen LogP contribution in [0.1, 0.15) is 41.5 Å². The van der Waals surface area contributed by atoms with E-state index >= 15 is 0 Å². The third-order valence-corrected chi connectivity index (χ3v) is 6.73. The molecule has 2 aromatic carbocycles. The molecule has 0 fully saturated rings. The summed E-state index contributed by atoms with van der Waals surface area (Å²) in [5, 5.41) is 10.5. The minimum atomic E-state index is -0.321. The number of fused-ring (bicyclic) bond motifs is 2. The van der Waals surface area contributed by atoms with Crippen molar-refractivity contribution in [1.82, 2.24) is 14.4 Å². The van der Waals surface area contributed by atoms with E-state index in [1.807, 2.05) is 55.5 Å². The summed E-state index contributed by atoms with van der Waals surface area (Å²) in [6.45, 7) is 6.16. The second-order valence-corrected chi connectivity index (χ2v) is 9.55. The van der Waals surface area contributed by atoms with Gasteiger partial charge in [0.05, 0.1) is 15.8 Å². The molecule has 0 amide bonds. The Morgan fingerprint density at radius 2 is 1.91 bits per heavy atom. The Balaban J connectivity index is 1.72. The summed E-state index contributed by atoms with van der Waals surface area (Å²) in [4.78, 5) is 22.8. The maximum Gasteiger partial charge on any atom is 0.269 e. The van der Waals surface area contributed by atoms with Crippen LogP contribution in [-0.4, -0.2) is 14.4 Å². The standard InChI is InChI=1S/C28H22N4O2S/c1-17(2)20-12-11-18(3)14-23(20)34-26-21(28(33)32-13-7-6-10-25(32)31-26)15-19(16-29)27-30-22-8-4-5-9-24(22)35-27/h4-15,17H,1-3H3. The fraction of sp³-hybridized carbons (Fsp3) is 0.143. The number of nitrogens with zero attached hydrogens (tertiary/aromatic N) is 4. The lowest BCUT2D eigenvalue weighted by Crippen LogP contribution is -2.19. The van der Waals surface area contributed by atoms with Crippen LogP contribution in [0, 0.1) is 18.3 Å². The molecule has 172 valence electrons. The van der Waals surface area contributed by atoms with E-state index < -0.39 is 0 Å². The SMILES string of the molecule is Cc1ccc(C(C)C)c(Oc2nc3ccccn3c(=O)c2C=C(C#N)c2nc3ccccc3s2)c1. The second-order valence-electron chi connectivity index (χ2n) is 8.52. The number of thiazole rings is 1. The summed E-state index contributed by atoms with van der Waals surface area (Å²) >= 11 is 1.40. The number of para-hydroxylation sites is 1. The minimum absolute atomic E-state index is 0.155. The van der Waals surface area contributed by atoms with Gasteiger partial charge < -0.3 is 4.74 Å². The van der Waals surface area contributed by atoms with Crippen LogP contribution in [-0.2, 0) is 0 Å². The van der Waals surface area contributed by atoms with E-state index in [1.165, 1.54) is 21.8 Å². The van der Waals surface area contributed by atoms with Crippen molar-refractivity contribution >= 4 is 38.8 Å². The molecule has 0 saturated carbocycles. The highest BCUT2D eigenvalue weighted by Gasteiger charge is 2.18. The molecule has 0 spiro atoms. The van der Waals surface area contributed by atoms with Gasteiger partial charge in [-0.15, -0.1) is 11.3 Å². The Morgan fingerprint density at radius 3 is 2.69 bits per heavy atom. The van der Waals surface area contributed by atoms with E-state index in [4.69, 9.17) is 4.74 Å². The van der Waals surface area contributed by atoms with Gasteiger partial charge in [-0.1, -0.05) is 44.2 Å². The maximum absolute atomic E-state index is 13.6. The van der Waals surface area contributed by atoms with Crippen molar-refractivity contribution in [2.75, 3.05) is 0 Å². The third kappa shape index (κ3) is 4.32. The van der Waals surface area contributed by atoms with Gasteiger partial charge in [0.25, 0.3) is 5.56 Å². The smallest absolute Gasteiger partial charge is 0.269 e. The van der Waals surface area contributed by atoms with Crippen LogP contribution in [0.25, 0.3) is 27.5 Å². The summed E-state index contributed by atoms with van der Waals surface area (Å²) in [7, 11) is 0. The molecule has 0 bridgehead atoms. The van der Waals surface area contributed by atoms with E-state index in [-0.39, 0.29) is 28.5 Å². The van der Waals surface area contributed by atoms with Crippen LogP contribution >= 0.6 is 11.3 Å². The van der Waals surface area contributed by atoms with Crippen molar-refractivity contribution in [2.24, 2.45) is 0 Å². The van der Waals surface area contributed by atoms with Gasteiger partial charge in [0, 0.05) is 6.20 Å². The number of hydrogen-bond donors (Lipinski definition) is 0. The number of benzene rings is 2. The van der Waals surface area contributed by atoms with Gasteiger partial charge in [-0.2, -0.15) is 10.2 Å². The Morgan fingerprint density at radius 1 is 1.11 bits per heavy atom. The maximum atomic E-state index is 13.6. The first-order valence-electron chi connectivity index (χ1n) is 11.2. The molecule has 3 aromatic heterocycles. The molecule has 6 nitrogen and oxygen atoms in total. The molecule has 35 heavy (non-hydrogen) atoms. The summed E-state index contributed by atoms with van der Waals surface area (Å²) < 4.78 is 8.73. The lowest BCUT2D eigenvalue weighted by molar-refractivity contribution is 0.452. The average Bonchev–Trinajstić information content (AvgIpc) is 3.28. The number of ether oxygens (including phenoxy) is 1. The van der Waals surface area contributed by atoms with Gasteiger partial charge in [-0.25, -0.2) is 4.98 Å². The van der Waals surface area contributed by atoms with E-state index in [0.717, 1.165) is 21.3 Å². The molecular weight excluding hydrogens is 456 g/mol. The average molecular weight is 479 g/mol. The number of aromatic nitrogens is 3. The quantitative estimate of drug-likeness (QED) is 0.266. The fourth-order valence-electron chi connectivity index (χ4n) is 3.87. The highest BCUT2D eigenvalue weighted by Crippen LogP contribution is 2.33. The normalized spacial score (nSPS) is 11.8. The zero-order valence-corrected chi connectivity index (χ0v) is 20.3. The predicted molar refractivity (Wildman–Crippen MR) is 140 cm³/mol. The Hall–Kier alpha value is -4.28. The molecule has 0 N–H and O–H groups in total. The van der Waals surface area contributed by atoms with Crippen LogP contribution in [0.2, 0.25) is 0 Å². The van der Waals surface area contributed by atoms with Gasteiger partial charge in [0.2, 0.25) is 5.88 Å². The van der Waals surface area contributed by atoms with E-state index in [9.17, 15) is 10.1 Å². The van der Waals surface area contributed by atoms with E-state index in [0.29, 0.717) is 16.4 Å². The van der Waals surface area contributed by atoms with Crippen LogP contribution in [0.15, 0.2) is 71.7 Å². The van der Waals surface area contributed by atoms with E-state index in [1.54, 1.807) is 18.3 Å². The molecule has 3 heterocycles. The van der Waals surface area contributed by atoms with Gasteiger partial charge in [0.1, 0.15) is 28.0 Å². The fourth-order valence-corrected chi connectivity index (χ4v) is 4.80. The molecule has 0 aliphatic rings. The summed E-state index contributed by atoms with van der Waals surface area (Å²) in [6, 6.07) is 21.2. The number of allylic oxidation sites excluding steroid dienone is 1. The van der Waals surface area contributed by atoms with Crippen molar-refractivity contribution in [1.29, 1.82) is 5.26 Å². The highest BCUT2D eigenvalue weighted by atomic mass is 32.1. The molecule has 0 atom stereocenters.